The molecule has 0 bridgehead atoms. The molecule has 0 fully saturated rings. The van der Waals surface area contributed by atoms with Crippen LogP contribution in [-0.4, -0.2) is 28.8 Å². The van der Waals surface area contributed by atoms with Crippen molar-refractivity contribution in [2.75, 3.05) is 7.05 Å². The highest BCUT2D eigenvalue weighted by Crippen LogP contribution is 2.02. The predicted molar refractivity (Wildman–Crippen MR) is 49.5 cm³/mol. The normalized spacial score (nSPS) is 11.9. The molecule has 6 heteroatoms. The second-order valence-electron chi connectivity index (χ2n) is 2.73. The molecule has 0 aromatic carbocycles. The standard InChI is InChI=1S/C8H12N4O2/c1-6(12-5-3-4-10-12)7(13)11-8(14)9-2/h3-6H,1-2H3,(H2,9,11,13,14). The number of nitrogens with zero attached hydrogens (tertiary/aromatic N) is 2. The maximum absolute atomic E-state index is 11.4. The second-order valence-corrected chi connectivity index (χ2v) is 2.73. The van der Waals surface area contributed by atoms with Crippen molar-refractivity contribution in [2.24, 2.45) is 0 Å². The lowest BCUT2D eigenvalue weighted by Crippen LogP contribution is -2.40. The molecule has 0 aliphatic heterocycles. The summed E-state index contributed by atoms with van der Waals surface area (Å²) in [6.07, 6.45) is 3.23. The fourth-order valence-electron chi connectivity index (χ4n) is 0.909. The highest BCUT2D eigenvalue weighted by Gasteiger charge is 2.16. The lowest BCUT2D eigenvalue weighted by molar-refractivity contribution is -0.123. The van der Waals surface area contributed by atoms with Crippen LogP contribution in [-0.2, 0) is 4.79 Å². The van der Waals surface area contributed by atoms with Crippen LogP contribution in [0, 0.1) is 0 Å². The van der Waals surface area contributed by atoms with Gasteiger partial charge in [-0.15, -0.1) is 0 Å². The van der Waals surface area contributed by atoms with E-state index in [1.54, 1.807) is 25.4 Å². The van der Waals surface area contributed by atoms with Crippen LogP contribution in [0.5, 0.6) is 0 Å². The number of amides is 3. The predicted octanol–water partition coefficient (Wildman–Crippen LogP) is -0.100. The number of nitrogens with one attached hydrogen (secondary N) is 2. The number of carbonyl (C=O) groups excluding carboxylic acids is 2. The summed E-state index contributed by atoms with van der Waals surface area (Å²) in [6, 6.07) is 0.695. The van der Waals surface area contributed by atoms with Gasteiger partial charge in [-0.2, -0.15) is 5.10 Å². The van der Waals surface area contributed by atoms with E-state index in [0.29, 0.717) is 0 Å². The minimum absolute atomic E-state index is 0.395. The van der Waals surface area contributed by atoms with Crippen LogP contribution >= 0.6 is 0 Å². The van der Waals surface area contributed by atoms with Crippen LogP contribution in [0.4, 0.5) is 4.79 Å². The first-order chi connectivity index (χ1) is 6.65. The highest BCUT2D eigenvalue weighted by molar-refractivity contribution is 5.95. The molecule has 2 N–H and O–H groups in total. The van der Waals surface area contributed by atoms with Gasteiger partial charge in [-0.25, -0.2) is 4.79 Å². The molecule has 1 unspecified atom stereocenters. The summed E-state index contributed by atoms with van der Waals surface area (Å²) in [6.45, 7) is 1.66. The fraction of sp³-hybridized carbons (Fsp3) is 0.375. The van der Waals surface area contributed by atoms with Gasteiger partial charge in [0.2, 0.25) is 0 Å². The fourth-order valence-corrected chi connectivity index (χ4v) is 0.909. The van der Waals surface area contributed by atoms with Gasteiger partial charge in [-0.05, 0) is 13.0 Å². The van der Waals surface area contributed by atoms with E-state index in [2.05, 4.69) is 15.7 Å². The number of hydrogen-bond acceptors (Lipinski definition) is 3. The van der Waals surface area contributed by atoms with Crippen LogP contribution < -0.4 is 10.6 Å². The molecule has 0 saturated heterocycles. The number of imide groups is 1. The smallest absolute Gasteiger partial charge is 0.321 e. The maximum Gasteiger partial charge on any atom is 0.321 e. The molecule has 1 aromatic heterocycles. The minimum Gasteiger partial charge on any atom is -0.341 e. The Morgan fingerprint density at radius 3 is 2.71 bits per heavy atom. The molecule has 3 amide bonds. The third-order valence-corrected chi connectivity index (χ3v) is 1.76. The van der Waals surface area contributed by atoms with Gasteiger partial charge < -0.3 is 5.32 Å². The Bertz CT molecular complexity index is 320. The van der Waals surface area contributed by atoms with Crippen molar-refractivity contribution in [3.8, 4) is 0 Å². The van der Waals surface area contributed by atoms with Crippen LogP contribution in [0.15, 0.2) is 18.5 Å². The molecular formula is C8H12N4O2. The van der Waals surface area contributed by atoms with Crippen molar-refractivity contribution < 1.29 is 9.59 Å². The topological polar surface area (TPSA) is 76.0 Å². The monoisotopic (exact) mass is 196 g/mol. The molecule has 14 heavy (non-hydrogen) atoms. The van der Waals surface area contributed by atoms with E-state index in [1.807, 2.05) is 0 Å². The quantitative estimate of drug-likeness (QED) is 0.693. The maximum atomic E-state index is 11.4. The molecule has 1 aromatic rings. The molecule has 6 nitrogen and oxygen atoms in total. The molecule has 0 aliphatic rings. The molecule has 0 aliphatic carbocycles. The Morgan fingerprint density at radius 1 is 1.50 bits per heavy atom. The van der Waals surface area contributed by atoms with Crippen LogP contribution in [0.1, 0.15) is 13.0 Å². The summed E-state index contributed by atoms with van der Waals surface area (Å²) in [4.78, 5) is 22.2. The zero-order valence-electron chi connectivity index (χ0n) is 8.02. The first-order valence-electron chi connectivity index (χ1n) is 4.17. The van der Waals surface area contributed by atoms with Crippen molar-refractivity contribution in [1.29, 1.82) is 0 Å². The van der Waals surface area contributed by atoms with E-state index in [1.165, 1.54) is 11.7 Å². The van der Waals surface area contributed by atoms with Gasteiger partial charge in [0, 0.05) is 19.4 Å². The lowest BCUT2D eigenvalue weighted by Gasteiger charge is -2.11. The average molecular weight is 196 g/mol. The van der Waals surface area contributed by atoms with E-state index in [9.17, 15) is 9.59 Å². The summed E-state index contributed by atoms with van der Waals surface area (Å²) in [5.74, 6) is -0.395. The Hall–Kier alpha value is -1.85. The molecule has 1 rings (SSSR count). The van der Waals surface area contributed by atoms with Crippen molar-refractivity contribution in [1.82, 2.24) is 20.4 Å². The van der Waals surface area contributed by atoms with E-state index in [-0.39, 0.29) is 0 Å². The van der Waals surface area contributed by atoms with Gasteiger partial charge in [-0.3, -0.25) is 14.8 Å². The number of aromatic nitrogens is 2. The van der Waals surface area contributed by atoms with E-state index >= 15 is 0 Å². The van der Waals surface area contributed by atoms with Crippen molar-refractivity contribution >= 4 is 11.9 Å². The van der Waals surface area contributed by atoms with Gasteiger partial charge >= 0.3 is 6.03 Å². The second kappa shape index (κ2) is 4.40. The Balaban J connectivity index is 2.58. The number of hydrogen-bond donors (Lipinski definition) is 2. The van der Waals surface area contributed by atoms with Crippen LogP contribution in [0.25, 0.3) is 0 Å². The van der Waals surface area contributed by atoms with Crippen molar-refractivity contribution in [3.63, 3.8) is 0 Å². The number of rotatable bonds is 2. The summed E-state index contributed by atoms with van der Waals surface area (Å²) in [7, 11) is 1.45. The minimum atomic E-state index is -0.519. The summed E-state index contributed by atoms with van der Waals surface area (Å²) in [5, 5.41) is 8.36. The lowest BCUT2D eigenvalue weighted by atomic mass is 10.3. The molecule has 1 atom stereocenters. The van der Waals surface area contributed by atoms with Crippen molar-refractivity contribution in [2.45, 2.75) is 13.0 Å². The third kappa shape index (κ3) is 2.32. The molecular weight excluding hydrogens is 184 g/mol. The Morgan fingerprint density at radius 2 is 2.21 bits per heavy atom. The van der Waals surface area contributed by atoms with Gasteiger partial charge in [0.1, 0.15) is 6.04 Å². The van der Waals surface area contributed by atoms with Crippen LogP contribution in [0.2, 0.25) is 0 Å². The zero-order chi connectivity index (χ0) is 10.6. The largest absolute Gasteiger partial charge is 0.341 e. The van der Waals surface area contributed by atoms with Crippen LogP contribution in [0.3, 0.4) is 0 Å². The van der Waals surface area contributed by atoms with E-state index < -0.39 is 18.0 Å². The summed E-state index contributed by atoms with van der Waals surface area (Å²) < 4.78 is 1.47. The molecule has 0 radical (unpaired) electrons. The first-order valence-corrected chi connectivity index (χ1v) is 4.17. The summed E-state index contributed by atoms with van der Waals surface area (Å²) in [5.41, 5.74) is 0. The first kappa shape index (κ1) is 10.2. The molecule has 0 spiro atoms. The van der Waals surface area contributed by atoms with Gasteiger partial charge in [0.05, 0.1) is 0 Å². The number of urea groups is 1. The Labute approximate surface area is 81.3 Å². The van der Waals surface area contributed by atoms with Gasteiger partial charge in [0.15, 0.2) is 0 Å². The highest BCUT2D eigenvalue weighted by atomic mass is 16.2. The van der Waals surface area contributed by atoms with Crippen molar-refractivity contribution in [3.05, 3.63) is 18.5 Å². The van der Waals surface area contributed by atoms with Gasteiger partial charge in [-0.1, -0.05) is 0 Å². The van der Waals surface area contributed by atoms with Gasteiger partial charge in [0.25, 0.3) is 5.91 Å². The SMILES string of the molecule is CNC(=O)NC(=O)C(C)n1cccn1. The van der Waals surface area contributed by atoms with E-state index in [4.69, 9.17) is 0 Å². The number of carbonyl (C=O) groups is 2. The van der Waals surface area contributed by atoms with E-state index in [0.717, 1.165) is 0 Å². The molecule has 0 saturated carbocycles. The molecule has 76 valence electrons. The Kier molecular flexibility index (Phi) is 3.22. The average Bonchev–Trinajstić information content (AvgIpc) is 2.69. The zero-order valence-corrected chi connectivity index (χ0v) is 8.02. The summed E-state index contributed by atoms with van der Waals surface area (Å²) >= 11 is 0. The third-order valence-electron chi connectivity index (χ3n) is 1.76. The molecule has 1 heterocycles.